The number of aromatic hydroxyl groups is 1. The van der Waals surface area contributed by atoms with Crippen LogP contribution < -0.4 is 10.6 Å². The molecular formula is C16H12ClN3O3S. The lowest BCUT2D eigenvalue weighted by atomic mass is 10.2. The lowest BCUT2D eigenvalue weighted by molar-refractivity contribution is -0.117. The summed E-state index contributed by atoms with van der Waals surface area (Å²) in [6, 6.07) is 9.89. The lowest BCUT2D eigenvalue weighted by Crippen LogP contribution is -2.32. The molecule has 3 aromatic rings. The molecule has 2 aromatic carbocycles. The van der Waals surface area contributed by atoms with Gasteiger partial charge in [-0.25, -0.2) is 4.98 Å². The first-order valence-electron chi connectivity index (χ1n) is 6.90. The van der Waals surface area contributed by atoms with Crippen molar-refractivity contribution in [3.05, 3.63) is 41.4 Å². The Labute approximate surface area is 147 Å². The number of fused-ring (bicyclic) bond motifs is 1. The summed E-state index contributed by atoms with van der Waals surface area (Å²) in [4.78, 5) is 15.3. The number of nitrogens with zero attached hydrogens (tertiary/aromatic N) is 1. The quantitative estimate of drug-likeness (QED) is 0.603. The molecule has 1 heterocycles. The maximum Gasteiger partial charge on any atom is 0.231 e. The number of phenols is 1. The van der Waals surface area contributed by atoms with E-state index in [1.807, 2.05) is 0 Å². The third-order valence-corrected chi connectivity index (χ3v) is 3.56. The highest BCUT2D eigenvalue weighted by Crippen LogP contribution is 2.33. The topological polar surface area (TPSA) is 87.4 Å². The van der Waals surface area contributed by atoms with E-state index < -0.39 is 0 Å². The van der Waals surface area contributed by atoms with Gasteiger partial charge in [0, 0.05) is 23.7 Å². The van der Waals surface area contributed by atoms with Crippen LogP contribution in [-0.4, -0.2) is 21.1 Å². The maximum atomic E-state index is 10.9. The molecule has 0 unspecified atom stereocenters. The van der Waals surface area contributed by atoms with Gasteiger partial charge < -0.3 is 20.2 Å². The highest BCUT2D eigenvalue weighted by molar-refractivity contribution is 7.80. The molecular weight excluding hydrogens is 350 g/mol. The molecule has 0 aliphatic rings. The fourth-order valence-electron chi connectivity index (χ4n) is 2.13. The van der Waals surface area contributed by atoms with Crippen LogP contribution >= 0.6 is 23.8 Å². The van der Waals surface area contributed by atoms with E-state index in [2.05, 4.69) is 15.6 Å². The number of carbonyl (C=O) groups excluding carboxylic acids is 1. The van der Waals surface area contributed by atoms with Gasteiger partial charge in [0.2, 0.25) is 11.8 Å². The minimum absolute atomic E-state index is 0.0386. The van der Waals surface area contributed by atoms with Crippen LogP contribution in [0.4, 0.5) is 5.69 Å². The summed E-state index contributed by atoms with van der Waals surface area (Å²) in [5.74, 6) is -0.0393. The number of hydrogen-bond donors (Lipinski definition) is 3. The molecule has 0 atom stereocenters. The van der Waals surface area contributed by atoms with Crippen molar-refractivity contribution in [1.82, 2.24) is 10.3 Å². The molecule has 24 heavy (non-hydrogen) atoms. The minimum atomic E-state index is -0.279. The zero-order chi connectivity index (χ0) is 17.3. The molecule has 0 aliphatic carbocycles. The fourth-order valence-corrected chi connectivity index (χ4v) is 2.56. The van der Waals surface area contributed by atoms with Crippen molar-refractivity contribution in [3.8, 4) is 17.2 Å². The molecule has 0 saturated carbocycles. The number of halogens is 1. The van der Waals surface area contributed by atoms with Crippen LogP contribution in [0.1, 0.15) is 6.92 Å². The molecule has 122 valence electrons. The van der Waals surface area contributed by atoms with Crippen molar-refractivity contribution < 1.29 is 14.3 Å². The van der Waals surface area contributed by atoms with Crippen molar-refractivity contribution in [2.75, 3.05) is 5.32 Å². The monoisotopic (exact) mass is 361 g/mol. The van der Waals surface area contributed by atoms with Gasteiger partial charge in [-0.3, -0.25) is 4.79 Å². The lowest BCUT2D eigenvalue weighted by Gasteiger charge is -2.09. The zero-order valence-corrected chi connectivity index (χ0v) is 14.0. The van der Waals surface area contributed by atoms with Gasteiger partial charge in [0.15, 0.2) is 10.7 Å². The molecule has 8 heteroatoms. The number of benzene rings is 2. The van der Waals surface area contributed by atoms with Gasteiger partial charge in [-0.2, -0.15) is 0 Å². The maximum absolute atomic E-state index is 10.9. The van der Waals surface area contributed by atoms with Gasteiger partial charge in [0.1, 0.15) is 11.3 Å². The van der Waals surface area contributed by atoms with Gasteiger partial charge in [0.25, 0.3) is 0 Å². The number of nitrogens with one attached hydrogen (secondary N) is 2. The molecule has 3 rings (SSSR count). The second-order valence-corrected chi connectivity index (χ2v) is 5.84. The SMILES string of the molecule is CC(=O)NC(=S)Nc1ccc(-c2nc3cc(Cl)ccc3o2)c(O)c1. The van der Waals surface area contributed by atoms with Gasteiger partial charge in [-0.1, -0.05) is 11.6 Å². The first-order valence-corrected chi connectivity index (χ1v) is 7.69. The molecule has 0 saturated heterocycles. The normalized spacial score (nSPS) is 10.6. The third kappa shape index (κ3) is 3.47. The molecule has 0 spiro atoms. The summed E-state index contributed by atoms with van der Waals surface area (Å²) in [6.07, 6.45) is 0. The average Bonchev–Trinajstić information content (AvgIpc) is 2.88. The van der Waals surface area contributed by atoms with Gasteiger partial charge in [-0.05, 0) is 42.5 Å². The van der Waals surface area contributed by atoms with E-state index in [1.54, 1.807) is 30.3 Å². The van der Waals surface area contributed by atoms with Crippen LogP contribution in [-0.2, 0) is 4.79 Å². The number of hydrogen-bond acceptors (Lipinski definition) is 5. The summed E-state index contributed by atoms with van der Waals surface area (Å²) in [7, 11) is 0. The molecule has 1 aromatic heterocycles. The summed E-state index contributed by atoms with van der Waals surface area (Å²) >= 11 is 10.9. The van der Waals surface area contributed by atoms with Crippen LogP contribution in [0.3, 0.4) is 0 Å². The summed E-state index contributed by atoms with van der Waals surface area (Å²) in [6.45, 7) is 1.36. The molecule has 1 amide bonds. The first-order chi connectivity index (χ1) is 11.4. The van der Waals surface area contributed by atoms with Crippen LogP contribution in [0.15, 0.2) is 40.8 Å². The second-order valence-electron chi connectivity index (χ2n) is 5.00. The van der Waals surface area contributed by atoms with Crippen molar-refractivity contribution in [2.45, 2.75) is 6.92 Å². The van der Waals surface area contributed by atoms with Crippen molar-refractivity contribution >= 4 is 51.6 Å². The van der Waals surface area contributed by atoms with E-state index in [9.17, 15) is 9.90 Å². The van der Waals surface area contributed by atoms with E-state index in [-0.39, 0.29) is 22.7 Å². The zero-order valence-electron chi connectivity index (χ0n) is 12.5. The highest BCUT2D eigenvalue weighted by atomic mass is 35.5. The molecule has 0 fully saturated rings. The largest absolute Gasteiger partial charge is 0.507 e. The van der Waals surface area contributed by atoms with Crippen molar-refractivity contribution in [2.24, 2.45) is 0 Å². The van der Waals surface area contributed by atoms with Gasteiger partial charge >= 0.3 is 0 Å². The molecule has 6 nitrogen and oxygen atoms in total. The predicted molar refractivity (Wildman–Crippen MR) is 96.2 cm³/mol. The number of phenolic OH excluding ortho intramolecular Hbond substituents is 1. The number of aromatic nitrogens is 1. The Hall–Kier alpha value is -2.64. The standard InChI is InChI=1S/C16H12ClN3O3S/c1-8(21)18-16(24)19-10-3-4-11(13(22)7-10)15-20-12-6-9(17)2-5-14(12)23-15/h2-7,22H,1H3,(H2,18,19,21,24). The smallest absolute Gasteiger partial charge is 0.231 e. The Balaban J connectivity index is 1.88. The fraction of sp³-hybridized carbons (Fsp3) is 0.0625. The minimum Gasteiger partial charge on any atom is -0.507 e. The van der Waals surface area contributed by atoms with Crippen molar-refractivity contribution in [1.29, 1.82) is 0 Å². The highest BCUT2D eigenvalue weighted by Gasteiger charge is 2.13. The number of oxazole rings is 1. The summed E-state index contributed by atoms with van der Waals surface area (Å²) in [5, 5.41) is 16.2. The van der Waals surface area contributed by atoms with Gasteiger partial charge in [-0.15, -0.1) is 0 Å². The molecule has 3 N–H and O–H groups in total. The van der Waals surface area contributed by atoms with Crippen LogP contribution in [0, 0.1) is 0 Å². The Morgan fingerprint density at radius 2 is 2.08 bits per heavy atom. The van der Waals surface area contributed by atoms with Crippen LogP contribution in [0.25, 0.3) is 22.6 Å². The van der Waals surface area contributed by atoms with Crippen LogP contribution in [0.5, 0.6) is 5.75 Å². The Kier molecular flexibility index (Phi) is 4.37. The number of thiocarbonyl (C=S) groups is 1. The summed E-state index contributed by atoms with van der Waals surface area (Å²) in [5.41, 5.74) is 2.13. The second kappa shape index (κ2) is 6.46. The van der Waals surface area contributed by atoms with Crippen LogP contribution in [0.2, 0.25) is 5.02 Å². The molecule has 0 radical (unpaired) electrons. The Morgan fingerprint density at radius 1 is 1.29 bits per heavy atom. The van der Waals surface area contributed by atoms with E-state index in [1.165, 1.54) is 13.0 Å². The molecule has 0 aliphatic heterocycles. The Bertz CT molecular complexity index is 955. The number of anilines is 1. The van der Waals surface area contributed by atoms with E-state index >= 15 is 0 Å². The van der Waals surface area contributed by atoms with E-state index in [4.69, 9.17) is 28.2 Å². The number of rotatable bonds is 2. The predicted octanol–water partition coefficient (Wildman–Crippen LogP) is 3.69. The van der Waals surface area contributed by atoms with Crippen molar-refractivity contribution in [3.63, 3.8) is 0 Å². The third-order valence-electron chi connectivity index (χ3n) is 3.13. The summed E-state index contributed by atoms with van der Waals surface area (Å²) < 4.78 is 5.63. The average molecular weight is 362 g/mol. The first kappa shape index (κ1) is 16.2. The molecule has 0 bridgehead atoms. The van der Waals surface area contributed by atoms with E-state index in [0.717, 1.165) is 0 Å². The van der Waals surface area contributed by atoms with E-state index in [0.29, 0.717) is 27.4 Å². The van der Waals surface area contributed by atoms with Gasteiger partial charge in [0.05, 0.1) is 5.56 Å². The number of carbonyl (C=O) groups is 1. The Morgan fingerprint density at radius 3 is 2.79 bits per heavy atom. The number of amides is 1.